The highest BCUT2D eigenvalue weighted by molar-refractivity contribution is 5.43. The maximum atomic E-state index is 6.49. The van der Waals surface area contributed by atoms with E-state index in [-0.39, 0.29) is 6.04 Å². The van der Waals surface area contributed by atoms with Crippen LogP contribution in [0.15, 0.2) is 12.1 Å². The zero-order chi connectivity index (χ0) is 13.8. The van der Waals surface area contributed by atoms with E-state index in [0.717, 1.165) is 18.8 Å². The number of nitrogens with one attached hydrogen (secondary N) is 1. The molecule has 1 fully saturated rings. The summed E-state index contributed by atoms with van der Waals surface area (Å²) in [5.74, 6) is 1.58. The zero-order valence-corrected chi connectivity index (χ0v) is 12.3. The van der Waals surface area contributed by atoms with Gasteiger partial charge in [-0.3, -0.25) is 0 Å². The van der Waals surface area contributed by atoms with E-state index in [4.69, 9.17) is 10.5 Å². The Hall–Kier alpha value is -1.06. The third kappa shape index (κ3) is 3.28. The summed E-state index contributed by atoms with van der Waals surface area (Å²) in [6.45, 7) is 9.14. The Kier molecular flexibility index (Phi) is 4.83. The van der Waals surface area contributed by atoms with Gasteiger partial charge in [-0.1, -0.05) is 6.07 Å². The second-order valence-electron chi connectivity index (χ2n) is 5.52. The lowest BCUT2D eigenvalue weighted by Gasteiger charge is -2.29. The molecule has 0 spiro atoms. The molecule has 1 aliphatic rings. The first-order valence-corrected chi connectivity index (χ1v) is 7.33. The molecule has 0 bridgehead atoms. The van der Waals surface area contributed by atoms with E-state index >= 15 is 0 Å². The number of ether oxygens (including phenoxy) is 1. The molecule has 0 aliphatic carbocycles. The van der Waals surface area contributed by atoms with Crippen LogP contribution in [0.25, 0.3) is 0 Å². The van der Waals surface area contributed by atoms with Crippen LogP contribution in [0.2, 0.25) is 0 Å². The van der Waals surface area contributed by atoms with Crippen molar-refractivity contribution in [2.75, 3.05) is 19.7 Å². The molecule has 1 aliphatic heterocycles. The Balaban J connectivity index is 2.21. The molecule has 3 nitrogen and oxygen atoms in total. The highest BCUT2D eigenvalue weighted by Crippen LogP contribution is 2.32. The largest absolute Gasteiger partial charge is 0.494 e. The lowest BCUT2D eigenvalue weighted by molar-refractivity contribution is 0.319. The minimum Gasteiger partial charge on any atom is -0.494 e. The summed E-state index contributed by atoms with van der Waals surface area (Å²) >= 11 is 0. The first-order valence-electron chi connectivity index (χ1n) is 7.33. The SMILES string of the molecule is CCOc1cc(C)c(C(N)C2CCNCC2)cc1C. The molecule has 0 saturated carbocycles. The highest BCUT2D eigenvalue weighted by Gasteiger charge is 2.23. The van der Waals surface area contributed by atoms with Gasteiger partial charge in [-0.15, -0.1) is 0 Å². The second-order valence-corrected chi connectivity index (χ2v) is 5.52. The van der Waals surface area contributed by atoms with E-state index < -0.39 is 0 Å². The van der Waals surface area contributed by atoms with Gasteiger partial charge in [0.2, 0.25) is 0 Å². The van der Waals surface area contributed by atoms with Gasteiger partial charge in [0.25, 0.3) is 0 Å². The molecule has 1 unspecified atom stereocenters. The van der Waals surface area contributed by atoms with Crippen LogP contribution in [0.3, 0.4) is 0 Å². The smallest absolute Gasteiger partial charge is 0.122 e. The number of hydrogen-bond acceptors (Lipinski definition) is 3. The summed E-state index contributed by atoms with van der Waals surface area (Å²) in [7, 11) is 0. The minimum atomic E-state index is 0.150. The molecule has 106 valence electrons. The topological polar surface area (TPSA) is 47.3 Å². The van der Waals surface area contributed by atoms with Crippen LogP contribution in [-0.2, 0) is 0 Å². The third-order valence-electron chi connectivity index (χ3n) is 4.11. The summed E-state index contributed by atoms with van der Waals surface area (Å²) in [5.41, 5.74) is 10.2. The first-order chi connectivity index (χ1) is 9.13. The quantitative estimate of drug-likeness (QED) is 0.877. The van der Waals surface area contributed by atoms with Crippen molar-refractivity contribution in [3.63, 3.8) is 0 Å². The number of aryl methyl sites for hydroxylation is 2. The number of rotatable bonds is 4. The van der Waals surface area contributed by atoms with Gasteiger partial charge in [0.1, 0.15) is 5.75 Å². The predicted molar refractivity (Wildman–Crippen MR) is 79.6 cm³/mol. The molecule has 3 heteroatoms. The third-order valence-corrected chi connectivity index (χ3v) is 4.11. The molecule has 1 atom stereocenters. The monoisotopic (exact) mass is 262 g/mol. The number of piperidine rings is 1. The van der Waals surface area contributed by atoms with Gasteiger partial charge < -0.3 is 15.8 Å². The van der Waals surface area contributed by atoms with Crippen molar-refractivity contribution in [2.45, 2.75) is 39.7 Å². The molecule has 1 aromatic carbocycles. The standard InChI is InChI=1S/C16H26N2O/c1-4-19-15-10-11(2)14(9-12(15)3)16(17)13-5-7-18-8-6-13/h9-10,13,16,18H,4-8,17H2,1-3H3. The van der Waals surface area contributed by atoms with Gasteiger partial charge in [-0.2, -0.15) is 0 Å². The van der Waals surface area contributed by atoms with Gasteiger partial charge in [0, 0.05) is 6.04 Å². The normalized spacial score (nSPS) is 18.3. The van der Waals surface area contributed by atoms with Crippen LogP contribution in [0.1, 0.15) is 42.5 Å². The van der Waals surface area contributed by atoms with Crippen molar-refractivity contribution in [3.8, 4) is 5.75 Å². The highest BCUT2D eigenvalue weighted by atomic mass is 16.5. The number of hydrogen-bond donors (Lipinski definition) is 2. The molecule has 3 N–H and O–H groups in total. The zero-order valence-electron chi connectivity index (χ0n) is 12.3. The molecule has 2 rings (SSSR count). The Morgan fingerprint density at radius 2 is 1.95 bits per heavy atom. The average Bonchev–Trinajstić information content (AvgIpc) is 2.43. The van der Waals surface area contributed by atoms with Gasteiger partial charge in [0.05, 0.1) is 6.61 Å². The Morgan fingerprint density at radius 3 is 2.58 bits per heavy atom. The molecular weight excluding hydrogens is 236 g/mol. The Morgan fingerprint density at radius 1 is 1.26 bits per heavy atom. The van der Waals surface area contributed by atoms with Crippen LogP contribution in [-0.4, -0.2) is 19.7 Å². The molecule has 19 heavy (non-hydrogen) atoms. The van der Waals surface area contributed by atoms with E-state index in [2.05, 4.69) is 31.3 Å². The summed E-state index contributed by atoms with van der Waals surface area (Å²) in [5, 5.41) is 3.40. The van der Waals surface area contributed by atoms with Crippen LogP contribution < -0.4 is 15.8 Å². The summed E-state index contributed by atoms with van der Waals surface area (Å²) in [6, 6.07) is 4.50. The van der Waals surface area contributed by atoms with E-state index in [1.165, 1.54) is 29.5 Å². The minimum absolute atomic E-state index is 0.150. The van der Waals surface area contributed by atoms with Crippen LogP contribution in [0.5, 0.6) is 5.75 Å². The van der Waals surface area contributed by atoms with Crippen LogP contribution >= 0.6 is 0 Å². The summed E-state index contributed by atoms with van der Waals surface area (Å²) in [6.07, 6.45) is 2.35. The van der Waals surface area contributed by atoms with E-state index in [0.29, 0.717) is 12.5 Å². The van der Waals surface area contributed by atoms with Crippen molar-refractivity contribution in [1.29, 1.82) is 0 Å². The van der Waals surface area contributed by atoms with E-state index in [9.17, 15) is 0 Å². The predicted octanol–water partition coefficient (Wildman–Crippen LogP) is 2.70. The van der Waals surface area contributed by atoms with Crippen LogP contribution in [0.4, 0.5) is 0 Å². The second kappa shape index (κ2) is 6.40. The van der Waals surface area contributed by atoms with Crippen molar-refractivity contribution in [1.82, 2.24) is 5.32 Å². The Labute approximate surface area is 116 Å². The number of benzene rings is 1. The van der Waals surface area contributed by atoms with Crippen molar-refractivity contribution in [3.05, 3.63) is 28.8 Å². The molecule has 0 aromatic heterocycles. The molecule has 1 saturated heterocycles. The van der Waals surface area contributed by atoms with Gasteiger partial charge in [-0.25, -0.2) is 0 Å². The Bertz CT molecular complexity index is 425. The maximum Gasteiger partial charge on any atom is 0.122 e. The molecule has 0 radical (unpaired) electrons. The van der Waals surface area contributed by atoms with Gasteiger partial charge >= 0.3 is 0 Å². The van der Waals surface area contributed by atoms with Gasteiger partial charge in [0.15, 0.2) is 0 Å². The maximum absolute atomic E-state index is 6.49. The van der Waals surface area contributed by atoms with Crippen LogP contribution in [0, 0.1) is 19.8 Å². The molecule has 1 heterocycles. The fourth-order valence-electron chi connectivity index (χ4n) is 2.94. The molecule has 1 aromatic rings. The van der Waals surface area contributed by atoms with Gasteiger partial charge in [-0.05, 0) is 75.4 Å². The fraction of sp³-hybridized carbons (Fsp3) is 0.625. The molecule has 0 amide bonds. The van der Waals surface area contributed by atoms with Crippen molar-refractivity contribution < 1.29 is 4.74 Å². The van der Waals surface area contributed by atoms with E-state index in [1.54, 1.807) is 0 Å². The fourth-order valence-corrected chi connectivity index (χ4v) is 2.94. The van der Waals surface area contributed by atoms with E-state index in [1.807, 2.05) is 6.92 Å². The van der Waals surface area contributed by atoms with Crippen molar-refractivity contribution >= 4 is 0 Å². The first kappa shape index (κ1) is 14.4. The summed E-state index contributed by atoms with van der Waals surface area (Å²) in [4.78, 5) is 0. The lowest BCUT2D eigenvalue weighted by atomic mass is 9.84. The molecular formula is C16H26N2O. The van der Waals surface area contributed by atoms with Crippen molar-refractivity contribution in [2.24, 2.45) is 11.7 Å². The average molecular weight is 262 g/mol. The number of nitrogens with two attached hydrogens (primary N) is 1. The summed E-state index contributed by atoms with van der Waals surface area (Å²) < 4.78 is 5.65. The lowest BCUT2D eigenvalue weighted by Crippen LogP contribution is -2.34.